The molecule has 2 aliphatic rings. The van der Waals surface area contributed by atoms with Crippen LogP contribution in [0.15, 0.2) is 52.7 Å². The van der Waals surface area contributed by atoms with Crippen LogP contribution >= 0.6 is 11.3 Å². The van der Waals surface area contributed by atoms with Crippen LogP contribution in [-0.2, 0) is 19.6 Å². The maximum absolute atomic E-state index is 12.8. The maximum atomic E-state index is 12.8. The fraction of sp³-hybridized carbons (Fsp3) is 0.261. The van der Waals surface area contributed by atoms with Crippen LogP contribution in [0.5, 0.6) is 5.75 Å². The average molecular weight is 515 g/mol. The maximum Gasteiger partial charge on any atom is 0.265 e. The molecule has 35 heavy (non-hydrogen) atoms. The van der Waals surface area contributed by atoms with Crippen molar-refractivity contribution in [3.8, 4) is 17.0 Å². The number of anilines is 2. The number of thiazole rings is 1. The van der Waals surface area contributed by atoms with Gasteiger partial charge in [0.15, 0.2) is 11.2 Å². The summed E-state index contributed by atoms with van der Waals surface area (Å²) in [5, 5.41) is 7.73. The normalized spacial score (nSPS) is 18.3. The van der Waals surface area contributed by atoms with Gasteiger partial charge in [0, 0.05) is 29.6 Å². The van der Waals surface area contributed by atoms with E-state index in [-0.39, 0.29) is 10.8 Å². The standard InChI is InChI=1S/C23H22N4O6S2/c1-14-21(28)24-18-12-16(4-7-20(18)33-14)19-13-34-23(25-19)26-22(29)15-2-5-17(6-3-15)35(30,31)27-8-10-32-11-9-27/h2-7,12-14H,8-11H2,1H3,(H,24,28)(H,25,26,29). The van der Waals surface area contributed by atoms with E-state index in [2.05, 4.69) is 15.6 Å². The van der Waals surface area contributed by atoms with Crippen LogP contribution < -0.4 is 15.4 Å². The molecule has 2 amide bonds. The molecular weight excluding hydrogens is 492 g/mol. The molecule has 1 fully saturated rings. The average Bonchev–Trinajstić information content (AvgIpc) is 3.33. The summed E-state index contributed by atoms with van der Waals surface area (Å²) in [6.07, 6.45) is -0.553. The van der Waals surface area contributed by atoms with E-state index in [1.165, 1.54) is 39.9 Å². The number of nitrogens with one attached hydrogen (secondary N) is 2. The minimum Gasteiger partial charge on any atom is -0.479 e. The minimum absolute atomic E-state index is 0.130. The molecule has 0 spiro atoms. The van der Waals surface area contributed by atoms with Gasteiger partial charge in [-0.25, -0.2) is 13.4 Å². The Hall–Kier alpha value is -3.32. The van der Waals surface area contributed by atoms with E-state index in [4.69, 9.17) is 9.47 Å². The van der Waals surface area contributed by atoms with Gasteiger partial charge < -0.3 is 14.8 Å². The van der Waals surface area contributed by atoms with E-state index in [0.717, 1.165) is 5.56 Å². The number of ether oxygens (including phenoxy) is 2. The predicted molar refractivity (Wildman–Crippen MR) is 130 cm³/mol. The Bertz CT molecular complexity index is 1380. The van der Waals surface area contributed by atoms with Crippen molar-refractivity contribution < 1.29 is 27.5 Å². The third-order valence-electron chi connectivity index (χ3n) is 5.66. The van der Waals surface area contributed by atoms with Crippen molar-refractivity contribution in [3.63, 3.8) is 0 Å². The first-order valence-corrected chi connectivity index (χ1v) is 13.2. The van der Waals surface area contributed by atoms with Crippen LogP contribution in [0.4, 0.5) is 10.8 Å². The molecule has 0 aliphatic carbocycles. The highest BCUT2D eigenvalue weighted by Crippen LogP contribution is 2.35. The van der Waals surface area contributed by atoms with Crippen LogP contribution in [-0.4, -0.2) is 61.9 Å². The summed E-state index contributed by atoms with van der Waals surface area (Å²) in [6.45, 7) is 3.02. The van der Waals surface area contributed by atoms with E-state index in [1.807, 2.05) is 6.07 Å². The number of sulfonamides is 1. The number of morpholine rings is 1. The zero-order valence-electron chi connectivity index (χ0n) is 18.7. The number of aromatic nitrogens is 1. The number of hydrogen-bond acceptors (Lipinski definition) is 8. The highest BCUT2D eigenvalue weighted by Gasteiger charge is 2.27. The van der Waals surface area contributed by atoms with Crippen molar-refractivity contribution in [2.45, 2.75) is 17.9 Å². The van der Waals surface area contributed by atoms with Crippen molar-refractivity contribution in [3.05, 3.63) is 53.4 Å². The van der Waals surface area contributed by atoms with Crippen molar-refractivity contribution in [1.82, 2.24) is 9.29 Å². The molecule has 1 unspecified atom stereocenters. The largest absolute Gasteiger partial charge is 0.479 e. The zero-order chi connectivity index (χ0) is 24.6. The lowest BCUT2D eigenvalue weighted by Gasteiger charge is -2.26. The number of carbonyl (C=O) groups is 2. The smallest absolute Gasteiger partial charge is 0.265 e. The molecule has 12 heteroatoms. The molecule has 0 bridgehead atoms. The van der Waals surface area contributed by atoms with Crippen molar-refractivity contribution in [1.29, 1.82) is 0 Å². The molecule has 1 atom stereocenters. The highest BCUT2D eigenvalue weighted by molar-refractivity contribution is 7.89. The van der Waals surface area contributed by atoms with E-state index >= 15 is 0 Å². The SMILES string of the molecule is CC1Oc2ccc(-c3csc(NC(=O)c4ccc(S(=O)(=O)N5CCOCC5)cc4)n3)cc2NC1=O. The quantitative estimate of drug-likeness (QED) is 0.536. The number of amides is 2. The molecule has 10 nitrogen and oxygen atoms in total. The van der Waals surface area contributed by atoms with E-state index in [9.17, 15) is 18.0 Å². The molecule has 2 N–H and O–H groups in total. The lowest BCUT2D eigenvalue weighted by atomic mass is 10.1. The Balaban J connectivity index is 1.27. The van der Waals surface area contributed by atoms with Gasteiger partial charge in [0.05, 0.1) is 29.5 Å². The van der Waals surface area contributed by atoms with E-state index in [1.54, 1.807) is 24.4 Å². The second-order valence-corrected chi connectivity index (χ2v) is 10.8. The number of hydrogen-bond donors (Lipinski definition) is 2. The first kappa shape index (κ1) is 23.4. The lowest BCUT2D eigenvalue weighted by Crippen LogP contribution is -2.40. The summed E-state index contributed by atoms with van der Waals surface area (Å²) in [5.41, 5.74) is 2.27. The van der Waals surface area contributed by atoms with Gasteiger partial charge in [-0.2, -0.15) is 4.31 Å². The summed E-state index contributed by atoms with van der Waals surface area (Å²) in [7, 11) is -3.63. The Kier molecular flexibility index (Phi) is 6.28. The summed E-state index contributed by atoms with van der Waals surface area (Å²) >= 11 is 1.26. The molecule has 2 aliphatic heterocycles. The van der Waals surface area contributed by atoms with Gasteiger partial charge in [0.2, 0.25) is 10.0 Å². The van der Waals surface area contributed by atoms with Gasteiger partial charge in [-0.1, -0.05) is 0 Å². The predicted octanol–water partition coefficient (Wildman–Crippen LogP) is 2.80. The van der Waals surface area contributed by atoms with Crippen LogP contribution in [0.2, 0.25) is 0 Å². The first-order chi connectivity index (χ1) is 16.8. The van der Waals surface area contributed by atoms with Crippen LogP contribution in [0.3, 0.4) is 0 Å². The number of carbonyl (C=O) groups excluding carboxylic acids is 2. The minimum atomic E-state index is -3.63. The summed E-state index contributed by atoms with van der Waals surface area (Å²) in [6, 6.07) is 11.2. The van der Waals surface area contributed by atoms with Crippen molar-refractivity contribution in [2.75, 3.05) is 36.9 Å². The Morgan fingerprint density at radius 2 is 1.91 bits per heavy atom. The second-order valence-electron chi connectivity index (χ2n) is 7.99. The third-order valence-corrected chi connectivity index (χ3v) is 8.33. The Morgan fingerprint density at radius 3 is 2.66 bits per heavy atom. The summed E-state index contributed by atoms with van der Waals surface area (Å²) in [4.78, 5) is 29.2. The molecule has 2 aromatic carbocycles. The van der Waals surface area contributed by atoms with Gasteiger partial charge in [-0.15, -0.1) is 11.3 Å². The topological polar surface area (TPSA) is 127 Å². The number of benzene rings is 2. The van der Waals surface area contributed by atoms with Gasteiger partial charge in [-0.05, 0) is 49.4 Å². The van der Waals surface area contributed by atoms with Crippen LogP contribution in [0.25, 0.3) is 11.3 Å². The van der Waals surface area contributed by atoms with E-state index < -0.39 is 22.0 Å². The fourth-order valence-electron chi connectivity index (χ4n) is 3.72. The zero-order valence-corrected chi connectivity index (χ0v) is 20.3. The van der Waals surface area contributed by atoms with Gasteiger partial charge in [-0.3, -0.25) is 14.9 Å². The summed E-state index contributed by atoms with van der Waals surface area (Å²) < 4.78 is 37.7. The fourth-order valence-corrected chi connectivity index (χ4v) is 5.84. The molecular formula is C23H22N4O6S2. The molecule has 1 saturated heterocycles. The highest BCUT2D eigenvalue weighted by atomic mass is 32.2. The van der Waals surface area contributed by atoms with Gasteiger partial charge in [0.1, 0.15) is 5.75 Å². The molecule has 3 heterocycles. The van der Waals surface area contributed by atoms with Crippen LogP contribution in [0, 0.1) is 0 Å². The molecule has 1 aromatic heterocycles. The van der Waals surface area contributed by atoms with E-state index in [0.29, 0.717) is 54.1 Å². The molecule has 5 rings (SSSR count). The van der Waals surface area contributed by atoms with Crippen LogP contribution in [0.1, 0.15) is 17.3 Å². The molecule has 0 radical (unpaired) electrons. The third kappa shape index (κ3) is 4.78. The lowest BCUT2D eigenvalue weighted by molar-refractivity contribution is -0.122. The monoisotopic (exact) mass is 514 g/mol. The number of rotatable bonds is 5. The summed E-state index contributed by atoms with van der Waals surface area (Å²) in [5.74, 6) is -0.0327. The Labute approximate surface area is 205 Å². The second kappa shape index (κ2) is 9.38. The van der Waals surface area contributed by atoms with Crippen molar-refractivity contribution >= 4 is 44.0 Å². The van der Waals surface area contributed by atoms with Crippen molar-refractivity contribution in [2.24, 2.45) is 0 Å². The van der Waals surface area contributed by atoms with Gasteiger partial charge in [0.25, 0.3) is 11.8 Å². The molecule has 182 valence electrons. The number of fused-ring (bicyclic) bond motifs is 1. The number of nitrogens with zero attached hydrogens (tertiary/aromatic N) is 2. The first-order valence-electron chi connectivity index (χ1n) is 10.9. The molecule has 0 saturated carbocycles. The molecule has 3 aromatic rings. The Morgan fingerprint density at radius 1 is 1.17 bits per heavy atom. The van der Waals surface area contributed by atoms with Gasteiger partial charge >= 0.3 is 0 Å².